The number of hydrogen-bond donors (Lipinski definition) is 1. The summed E-state index contributed by atoms with van der Waals surface area (Å²) in [5.41, 5.74) is 8.23. The Morgan fingerprint density at radius 2 is 1.17 bits per heavy atom. The maximum absolute atomic E-state index is 3.36. The average molecular weight is 309 g/mol. The highest BCUT2D eigenvalue weighted by molar-refractivity contribution is 5.71. The molecule has 0 spiro atoms. The van der Waals surface area contributed by atoms with Crippen LogP contribution in [0.5, 0.6) is 0 Å². The van der Waals surface area contributed by atoms with Crippen molar-refractivity contribution in [2.24, 2.45) is 0 Å². The molecule has 0 bridgehead atoms. The molecule has 0 saturated carbocycles. The van der Waals surface area contributed by atoms with Crippen LogP contribution in [0, 0.1) is 6.92 Å². The van der Waals surface area contributed by atoms with E-state index < -0.39 is 0 Å². The lowest BCUT2D eigenvalue weighted by Gasteiger charge is -2.24. The molecule has 0 aliphatic rings. The van der Waals surface area contributed by atoms with Crippen molar-refractivity contribution in [1.82, 2.24) is 0 Å². The zero-order valence-corrected chi connectivity index (χ0v) is 16.0. The first-order valence-corrected chi connectivity index (χ1v) is 8.48. The monoisotopic (exact) mass is 309 g/mol. The van der Waals surface area contributed by atoms with E-state index in [2.05, 4.69) is 90.2 Å². The molecule has 0 unspecified atom stereocenters. The molecule has 0 aliphatic heterocycles. The number of benzene rings is 2. The van der Waals surface area contributed by atoms with Gasteiger partial charge in [0.2, 0.25) is 0 Å². The summed E-state index contributed by atoms with van der Waals surface area (Å²) in [5.74, 6) is 0. The molecule has 0 radical (unpaired) electrons. The minimum atomic E-state index is 0.142. The number of aryl methyl sites for hydroxylation is 1. The highest BCUT2D eigenvalue weighted by atomic mass is 14.8. The Balaban J connectivity index is 2.49. The third-order valence-corrected chi connectivity index (χ3v) is 4.46. The van der Waals surface area contributed by atoms with E-state index >= 15 is 0 Å². The summed E-state index contributed by atoms with van der Waals surface area (Å²) in [4.78, 5) is 0. The Morgan fingerprint density at radius 3 is 1.61 bits per heavy atom. The molecule has 2 rings (SSSR count). The van der Waals surface area contributed by atoms with Crippen LogP contribution >= 0.6 is 0 Å². The smallest absolute Gasteiger partial charge is 0.0381 e. The summed E-state index contributed by atoms with van der Waals surface area (Å²) in [5, 5.41) is 3.36. The summed E-state index contributed by atoms with van der Waals surface area (Å²) < 4.78 is 0. The highest BCUT2D eigenvalue weighted by Gasteiger charge is 2.19. The van der Waals surface area contributed by atoms with Crippen molar-refractivity contribution in [3.63, 3.8) is 0 Å². The van der Waals surface area contributed by atoms with E-state index in [-0.39, 0.29) is 10.8 Å². The second kappa shape index (κ2) is 6.03. The summed E-state index contributed by atoms with van der Waals surface area (Å²) in [7, 11) is 2.00. The van der Waals surface area contributed by atoms with Crippen LogP contribution in [-0.4, -0.2) is 7.05 Å². The first kappa shape index (κ1) is 17.6. The molecule has 2 aromatic rings. The van der Waals surface area contributed by atoms with Gasteiger partial charge in [-0.15, -0.1) is 0 Å². The minimum absolute atomic E-state index is 0.142. The zero-order valence-electron chi connectivity index (χ0n) is 16.0. The predicted molar refractivity (Wildman–Crippen MR) is 104 cm³/mol. The van der Waals surface area contributed by atoms with Crippen LogP contribution in [-0.2, 0) is 10.8 Å². The number of anilines is 1. The van der Waals surface area contributed by atoms with Crippen LogP contribution in [0.3, 0.4) is 0 Å². The van der Waals surface area contributed by atoms with E-state index in [1.807, 2.05) is 7.05 Å². The molecule has 0 fully saturated rings. The Bertz CT molecular complexity index is 697. The fourth-order valence-corrected chi connectivity index (χ4v) is 3.27. The van der Waals surface area contributed by atoms with Crippen molar-refractivity contribution in [2.75, 3.05) is 12.4 Å². The molecule has 0 amide bonds. The van der Waals surface area contributed by atoms with Gasteiger partial charge < -0.3 is 5.32 Å². The Labute approximate surface area is 142 Å². The molecule has 23 heavy (non-hydrogen) atoms. The topological polar surface area (TPSA) is 12.0 Å². The van der Waals surface area contributed by atoms with Gasteiger partial charge in [0, 0.05) is 12.7 Å². The fourth-order valence-electron chi connectivity index (χ4n) is 3.27. The van der Waals surface area contributed by atoms with E-state index in [1.165, 1.54) is 33.5 Å². The van der Waals surface area contributed by atoms with Gasteiger partial charge in [-0.2, -0.15) is 0 Å². The van der Waals surface area contributed by atoms with Gasteiger partial charge >= 0.3 is 0 Å². The van der Waals surface area contributed by atoms with Crippen molar-refractivity contribution in [3.05, 3.63) is 53.1 Å². The number of hydrogen-bond acceptors (Lipinski definition) is 1. The molecule has 0 saturated heterocycles. The van der Waals surface area contributed by atoms with Gasteiger partial charge in [0.25, 0.3) is 0 Å². The first-order chi connectivity index (χ1) is 10.5. The van der Waals surface area contributed by atoms with E-state index in [1.54, 1.807) is 0 Å². The second-order valence-electron chi connectivity index (χ2n) is 8.54. The van der Waals surface area contributed by atoms with Gasteiger partial charge in [-0.05, 0) is 51.6 Å². The molecular formula is C22H31N. The van der Waals surface area contributed by atoms with Crippen LogP contribution in [0.1, 0.15) is 58.2 Å². The zero-order chi connectivity index (χ0) is 17.4. The number of rotatable bonds is 2. The third-order valence-electron chi connectivity index (χ3n) is 4.46. The molecule has 124 valence electrons. The van der Waals surface area contributed by atoms with Crippen LogP contribution < -0.4 is 5.32 Å². The molecule has 0 aliphatic carbocycles. The summed E-state index contributed by atoms with van der Waals surface area (Å²) in [6.45, 7) is 15.8. The van der Waals surface area contributed by atoms with Crippen LogP contribution in [0.25, 0.3) is 11.1 Å². The lowest BCUT2D eigenvalue weighted by molar-refractivity contribution is 0.586. The summed E-state index contributed by atoms with van der Waals surface area (Å²) in [6, 6.07) is 13.6. The van der Waals surface area contributed by atoms with Crippen molar-refractivity contribution < 1.29 is 0 Å². The fraction of sp³-hybridized carbons (Fsp3) is 0.455. The molecule has 1 heteroatoms. The molecular weight excluding hydrogens is 278 g/mol. The summed E-state index contributed by atoms with van der Waals surface area (Å²) >= 11 is 0. The standard InChI is InChI=1S/C22H31N/c1-15-13-16(9-11-18(15)21(2,3)4)17-10-12-19(22(5,6)7)20(14-17)23-8/h9-14,23H,1-8H3. The van der Waals surface area contributed by atoms with Crippen LogP contribution in [0.15, 0.2) is 36.4 Å². The van der Waals surface area contributed by atoms with Gasteiger partial charge in [0.15, 0.2) is 0 Å². The van der Waals surface area contributed by atoms with Crippen molar-refractivity contribution in [3.8, 4) is 11.1 Å². The second-order valence-corrected chi connectivity index (χ2v) is 8.54. The maximum Gasteiger partial charge on any atom is 0.0381 e. The largest absolute Gasteiger partial charge is 0.388 e. The summed E-state index contributed by atoms with van der Waals surface area (Å²) in [6.07, 6.45) is 0. The molecule has 0 heterocycles. The SMILES string of the molecule is CNc1cc(-c2ccc(C(C)(C)C)c(C)c2)ccc1C(C)(C)C. The van der Waals surface area contributed by atoms with Crippen molar-refractivity contribution in [1.29, 1.82) is 0 Å². The lowest BCUT2D eigenvalue weighted by atomic mass is 9.82. The maximum atomic E-state index is 3.36. The van der Waals surface area contributed by atoms with Crippen molar-refractivity contribution in [2.45, 2.75) is 59.3 Å². The average Bonchev–Trinajstić information content (AvgIpc) is 2.44. The van der Waals surface area contributed by atoms with Gasteiger partial charge in [0.1, 0.15) is 0 Å². The van der Waals surface area contributed by atoms with E-state index in [4.69, 9.17) is 0 Å². The lowest BCUT2D eigenvalue weighted by Crippen LogP contribution is -2.14. The molecule has 0 aromatic heterocycles. The Hall–Kier alpha value is -1.76. The molecule has 1 nitrogen and oxygen atoms in total. The number of nitrogens with one attached hydrogen (secondary N) is 1. The molecule has 1 N–H and O–H groups in total. The minimum Gasteiger partial charge on any atom is -0.388 e. The molecule has 2 aromatic carbocycles. The van der Waals surface area contributed by atoms with Gasteiger partial charge in [0.05, 0.1) is 0 Å². The van der Waals surface area contributed by atoms with Gasteiger partial charge in [-0.1, -0.05) is 71.9 Å². The van der Waals surface area contributed by atoms with Crippen LogP contribution in [0.4, 0.5) is 5.69 Å². The highest BCUT2D eigenvalue weighted by Crippen LogP contribution is 2.34. The first-order valence-electron chi connectivity index (χ1n) is 8.48. The Kier molecular flexibility index (Phi) is 4.61. The third kappa shape index (κ3) is 3.77. The van der Waals surface area contributed by atoms with Crippen molar-refractivity contribution >= 4 is 5.69 Å². The van der Waals surface area contributed by atoms with E-state index in [0.717, 1.165) is 0 Å². The quantitative estimate of drug-likeness (QED) is 0.686. The normalized spacial score (nSPS) is 12.3. The van der Waals surface area contributed by atoms with Gasteiger partial charge in [-0.3, -0.25) is 0 Å². The predicted octanol–water partition coefficient (Wildman–Crippen LogP) is 6.30. The Morgan fingerprint density at radius 1 is 0.696 bits per heavy atom. The van der Waals surface area contributed by atoms with E-state index in [9.17, 15) is 0 Å². The van der Waals surface area contributed by atoms with Crippen LogP contribution in [0.2, 0.25) is 0 Å². The molecule has 0 atom stereocenters. The van der Waals surface area contributed by atoms with Gasteiger partial charge in [-0.25, -0.2) is 0 Å². The van der Waals surface area contributed by atoms with E-state index in [0.29, 0.717) is 0 Å².